The highest BCUT2D eigenvalue weighted by molar-refractivity contribution is 5.92. The predicted molar refractivity (Wildman–Crippen MR) is 143 cm³/mol. The van der Waals surface area contributed by atoms with Gasteiger partial charge in [-0.15, -0.1) is 0 Å². The van der Waals surface area contributed by atoms with Crippen molar-refractivity contribution in [2.24, 2.45) is 11.8 Å². The van der Waals surface area contributed by atoms with Crippen molar-refractivity contribution in [1.29, 1.82) is 0 Å². The van der Waals surface area contributed by atoms with Crippen molar-refractivity contribution in [3.05, 3.63) is 59.7 Å². The molecule has 0 heterocycles. The Morgan fingerprint density at radius 2 is 1.70 bits per heavy atom. The number of carbonyl (C=O) groups is 3. The van der Waals surface area contributed by atoms with Crippen molar-refractivity contribution in [2.45, 2.75) is 72.5 Å². The molecule has 2 aromatic carbocycles. The summed E-state index contributed by atoms with van der Waals surface area (Å²) in [6.07, 6.45) is 1.41. The third-order valence-corrected chi connectivity index (χ3v) is 5.55. The minimum Gasteiger partial charge on any atom is -0.506 e. The van der Waals surface area contributed by atoms with Crippen molar-refractivity contribution in [1.82, 2.24) is 5.32 Å². The summed E-state index contributed by atoms with van der Waals surface area (Å²) in [6, 6.07) is 14.5. The van der Waals surface area contributed by atoms with Crippen LogP contribution in [0.2, 0.25) is 0 Å². The summed E-state index contributed by atoms with van der Waals surface area (Å²) in [7, 11) is 0. The number of benzene rings is 2. The summed E-state index contributed by atoms with van der Waals surface area (Å²) in [4.78, 5) is 36.4. The molecule has 3 N–H and O–H groups in total. The summed E-state index contributed by atoms with van der Waals surface area (Å²) in [5.74, 6) is -0.525. The van der Waals surface area contributed by atoms with Crippen LogP contribution in [-0.2, 0) is 32.1 Å². The molecule has 0 aliphatic carbocycles. The van der Waals surface area contributed by atoms with Gasteiger partial charge in [0.1, 0.15) is 18.0 Å². The molecule has 0 aromatic heterocycles. The number of carbonyl (C=O) groups excluding carboxylic acids is 3. The van der Waals surface area contributed by atoms with Crippen molar-refractivity contribution in [2.75, 3.05) is 11.9 Å². The highest BCUT2D eigenvalue weighted by atomic mass is 16.6. The molecule has 0 bridgehead atoms. The number of nitrogens with one attached hydrogen (secondary N) is 2. The Kier molecular flexibility index (Phi) is 11.4. The van der Waals surface area contributed by atoms with Crippen LogP contribution < -0.4 is 10.6 Å². The van der Waals surface area contributed by atoms with E-state index in [1.165, 1.54) is 0 Å². The van der Waals surface area contributed by atoms with Crippen LogP contribution >= 0.6 is 0 Å². The van der Waals surface area contributed by atoms with Crippen LogP contribution in [0.1, 0.15) is 65.0 Å². The van der Waals surface area contributed by atoms with Crippen LogP contribution in [0, 0.1) is 11.8 Å². The Hall–Kier alpha value is -3.55. The second-order valence-electron chi connectivity index (χ2n) is 10.5. The van der Waals surface area contributed by atoms with Crippen molar-refractivity contribution in [3.63, 3.8) is 0 Å². The number of alkyl carbamates (subject to hydrolysis) is 1. The number of phenols is 1. The molecule has 0 aliphatic rings. The number of anilines is 1. The van der Waals surface area contributed by atoms with Gasteiger partial charge >= 0.3 is 12.1 Å². The summed E-state index contributed by atoms with van der Waals surface area (Å²) in [5, 5.41) is 15.6. The van der Waals surface area contributed by atoms with Gasteiger partial charge in [-0.05, 0) is 69.2 Å². The molecule has 0 saturated heterocycles. The summed E-state index contributed by atoms with van der Waals surface area (Å²) < 4.78 is 10.6. The third kappa shape index (κ3) is 11.8. The van der Waals surface area contributed by atoms with E-state index in [2.05, 4.69) is 17.6 Å². The molecule has 0 radical (unpaired) electrons. The number of rotatable bonds is 12. The minimum absolute atomic E-state index is 0.0190. The molecule has 0 aliphatic heterocycles. The smallest absolute Gasteiger partial charge is 0.407 e. The topological polar surface area (TPSA) is 114 Å². The van der Waals surface area contributed by atoms with E-state index in [1.54, 1.807) is 12.1 Å². The Bertz CT molecular complexity index is 1030. The molecule has 8 nitrogen and oxygen atoms in total. The molecule has 1 unspecified atom stereocenters. The van der Waals surface area contributed by atoms with Gasteiger partial charge < -0.3 is 25.2 Å². The summed E-state index contributed by atoms with van der Waals surface area (Å²) in [5.41, 5.74) is 1.66. The first-order valence-corrected chi connectivity index (χ1v) is 12.7. The lowest BCUT2D eigenvalue weighted by molar-refractivity contribution is -0.159. The van der Waals surface area contributed by atoms with Gasteiger partial charge in [-0.2, -0.15) is 0 Å². The van der Waals surface area contributed by atoms with Crippen molar-refractivity contribution >= 4 is 23.7 Å². The van der Waals surface area contributed by atoms with Crippen LogP contribution in [0.3, 0.4) is 0 Å². The average Bonchev–Trinajstić information content (AvgIpc) is 2.82. The van der Waals surface area contributed by atoms with Crippen LogP contribution in [0.25, 0.3) is 0 Å². The SMILES string of the molecule is CC(C[C@@H](C)Cc1ccc(O)c(NC(=O)CCCNC(=O)OCc2ccccc2)c1)C(=O)OC(C)(C)C. The third-order valence-electron chi connectivity index (χ3n) is 5.55. The molecule has 0 fully saturated rings. The number of hydrogen-bond acceptors (Lipinski definition) is 6. The van der Waals surface area contributed by atoms with Gasteiger partial charge in [0.25, 0.3) is 0 Å². The number of amides is 2. The quantitative estimate of drug-likeness (QED) is 0.194. The van der Waals surface area contributed by atoms with Gasteiger partial charge in [-0.25, -0.2) is 4.79 Å². The zero-order valence-corrected chi connectivity index (χ0v) is 22.5. The number of aromatic hydroxyl groups is 1. The van der Waals surface area contributed by atoms with Crippen LogP contribution in [0.4, 0.5) is 10.5 Å². The molecule has 2 atom stereocenters. The molecule has 0 saturated carbocycles. The van der Waals surface area contributed by atoms with E-state index >= 15 is 0 Å². The molecule has 2 rings (SSSR count). The number of hydrogen-bond donors (Lipinski definition) is 3. The van der Waals surface area contributed by atoms with Gasteiger partial charge in [0.2, 0.25) is 5.91 Å². The molecule has 0 spiro atoms. The van der Waals surface area contributed by atoms with E-state index < -0.39 is 11.7 Å². The number of ether oxygens (including phenoxy) is 2. The fraction of sp³-hybridized carbons (Fsp3) is 0.483. The maximum absolute atomic E-state index is 12.4. The molecule has 2 amide bonds. The first-order chi connectivity index (χ1) is 17.4. The first kappa shape index (κ1) is 29.7. The van der Waals surface area contributed by atoms with E-state index in [4.69, 9.17) is 9.47 Å². The van der Waals surface area contributed by atoms with Crippen LogP contribution in [0.5, 0.6) is 5.75 Å². The Morgan fingerprint density at radius 1 is 1.00 bits per heavy atom. The molecule has 8 heteroatoms. The summed E-state index contributed by atoms with van der Waals surface area (Å²) in [6.45, 7) is 9.96. The lowest BCUT2D eigenvalue weighted by atomic mass is 9.91. The Morgan fingerprint density at radius 3 is 2.38 bits per heavy atom. The molecular weight excluding hydrogens is 472 g/mol. The van der Waals surface area contributed by atoms with Gasteiger partial charge in [0.05, 0.1) is 11.6 Å². The second kappa shape index (κ2) is 14.3. The van der Waals surface area contributed by atoms with E-state index in [0.717, 1.165) is 11.1 Å². The molecular formula is C29H40N2O6. The van der Waals surface area contributed by atoms with Gasteiger partial charge in [-0.3, -0.25) is 9.59 Å². The van der Waals surface area contributed by atoms with E-state index in [9.17, 15) is 19.5 Å². The number of phenolic OH excluding ortho intramolecular Hbond substituents is 1. The van der Waals surface area contributed by atoms with Crippen molar-refractivity contribution < 1.29 is 29.0 Å². The number of esters is 1. The van der Waals surface area contributed by atoms with E-state index in [1.807, 2.05) is 64.1 Å². The molecule has 37 heavy (non-hydrogen) atoms. The lowest BCUT2D eigenvalue weighted by Gasteiger charge is -2.23. The fourth-order valence-corrected chi connectivity index (χ4v) is 3.82. The van der Waals surface area contributed by atoms with Gasteiger partial charge in [0, 0.05) is 13.0 Å². The maximum atomic E-state index is 12.4. The zero-order chi connectivity index (χ0) is 27.4. The molecule has 2 aromatic rings. The van der Waals surface area contributed by atoms with Crippen molar-refractivity contribution in [3.8, 4) is 5.75 Å². The normalized spacial score (nSPS) is 12.8. The fourth-order valence-electron chi connectivity index (χ4n) is 3.82. The lowest BCUT2D eigenvalue weighted by Crippen LogP contribution is -2.28. The largest absolute Gasteiger partial charge is 0.506 e. The highest BCUT2D eigenvalue weighted by Gasteiger charge is 2.23. The summed E-state index contributed by atoms with van der Waals surface area (Å²) >= 11 is 0. The van der Waals surface area contributed by atoms with Crippen LogP contribution in [0.15, 0.2) is 48.5 Å². The average molecular weight is 513 g/mol. The molecule has 202 valence electrons. The second-order valence-corrected chi connectivity index (χ2v) is 10.5. The van der Waals surface area contributed by atoms with Gasteiger partial charge in [-0.1, -0.05) is 50.2 Å². The van der Waals surface area contributed by atoms with E-state index in [0.29, 0.717) is 31.5 Å². The van der Waals surface area contributed by atoms with E-state index in [-0.39, 0.29) is 42.5 Å². The minimum atomic E-state index is -0.537. The standard InChI is InChI=1S/C29H40N2O6/c1-20(16-21(2)27(34)37-29(3,4)5)17-23-13-14-25(32)24(18-23)31-26(33)12-9-15-30-28(35)36-19-22-10-7-6-8-11-22/h6-8,10-11,13-14,18,20-21,32H,9,12,15-17,19H2,1-5H3,(H,30,35)(H,31,33)/t20-,21?/m1/s1. The first-order valence-electron chi connectivity index (χ1n) is 12.7. The zero-order valence-electron chi connectivity index (χ0n) is 22.5. The Balaban J connectivity index is 1.75. The van der Waals surface area contributed by atoms with Crippen LogP contribution in [-0.4, -0.2) is 35.2 Å². The monoisotopic (exact) mass is 512 g/mol. The Labute approximate surface area is 219 Å². The van der Waals surface area contributed by atoms with Gasteiger partial charge in [0.15, 0.2) is 0 Å². The highest BCUT2D eigenvalue weighted by Crippen LogP contribution is 2.27. The predicted octanol–water partition coefficient (Wildman–Crippen LogP) is 5.58. The maximum Gasteiger partial charge on any atom is 0.407 e.